The summed E-state index contributed by atoms with van der Waals surface area (Å²) >= 11 is 0. The van der Waals surface area contributed by atoms with Crippen molar-refractivity contribution < 1.29 is 77.3 Å². The summed E-state index contributed by atoms with van der Waals surface area (Å²) in [6.07, 6.45) is -0.768. The number of carbonyl (C=O) groups excluding carboxylic acids is 14. The fraction of sp³-hybridized carbons (Fsp3) is 0.562. The Kier molecular flexibility index (Phi) is 41.6. The van der Waals surface area contributed by atoms with E-state index in [1.807, 2.05) is 0 Å². The van der Waals surface area contributed by atoms with Crippen LogP contribution in [0, 0.1) is 0 Å². The maximum Gasteiger partial charge on any atom is 0.245 e. The number of aliphatic imine (C=N–C) groups is 2. The quantitative estimate of drug-likeness (QED) is 0.0171. The van der Waals surface area contributed by atoms with E-state index in [9.17, 15) is 77.3 Å². The van der Waals surface area contributed by atoms with E-state index in [-0.39, 0.29) is 102 Å². The highest BCUT2D eigenvalue weighted by Gasteiger charge is 2.36. The molecule has 105 heavy (non-hydrogen) atoms. The second-order valence-electron chi connectivity index (χ2n) is 24.4. The fourth-order valence-corrected chi connectivity index (χ4v) is 12.2. The van der Waals surface area contributed by atoms with Crippen LogP contribution in [0.1, 0.15) is 89.2 Å². The molecule has 2 aromatic carbocycles. The number of aliphatic hydroxyl groups excluding tert-OH is 2. The SMILES string of the molecule is C[C@@H]1NC(=O)CNC(=O)[C@H]([C@@H](C)O)NC(=O)[C@H](Cc2ccccc2)NC(=O)CNC(=O)CNC(=O)C(Cc2ccccc2)NC(=O)[C@@H](N)CSSC[C@@H](C(=O)N[C@@H](CCCN=C(N)N)C(=O)N[C@@H](CCCCN)C(N)=O)NC(=O)C(CO)NC(=O)[C@H](CCCCN)NC(=O)C(CCCN=C(N)N)NC1=O. The van der Waals surface area contributed by atoms with Gasteiger partial charge in [-0.25, -0.2) is 0 Å². The van der Waals surface area contributed by atoms with E-state index in [1.54, 1.807) is 60.7 Å². The number of nitrogens with one attached hydrogen (secondary N) is 13. The molecule has 0 spiro atoms. The van der Waals surface area contributed by atoms with E-state index < -0.39 is 187 Å². The van der Waals surface area contributed by atoms with E-state index in [2.05, 4.69) is 79.1 Å². The van der Waals surface area contributed by atoms with E-state index in [0.29, 0.717) is 30.4 Å². The Morgan fingerprint density at radius 3 is 1.56 bits per heavy atom. The number of benzene rings is 2. The van der Waals surface area contributed by atoms with Gasteiger partial charge < -0.3 is 125 Å². The van der Waals surface area contributed by atoms with Gasteiger partial charge in [-0.15, -0.1) is 0 Å². The van der Waals surface area contributed by atoms with Crippen molar-refractivity contribution in [2.24, 2.45) is 55.9 Å². The van der Waals surface area contributed by atoms with Crippen molar-refractivity contribution in [1.82, 2.24) is 69.1 Å². The average Bonchev–Trinajstić information content (AvgIpc) is 0.870. The lowest BCUT2D eigenvalue weighted by atomic mass is 10.0. The Balaban J connectivity index is 2.13. The van der Waals surface area contributed by atoms with Crippen LogP contribution in [0.25, 0.3) is 0 Å². The minimum Gasteiger partial charge on any atom is -0.394 e. The molecule has 2 aromatic rings. The molecule has 0 radical (unpaired) electrons. The summed E-state index contributed by atoms with van der Waals surface area (Å²) in [5, 5.41) is 53.4. The van der Waals surface area contributed by atoms with E-state index >= 15 is 0 Å². The third-order valence-electron chi connectivity index (χ3n) is 15.7. The first kappa shape index (κ1) is 89.3. The van der Waals surface area contributed by atoms with Crippen molar-refractivity contribution in [3.63, 3.8) is 0 Å². The zero-order chi connectivity index (χ0) is 78.0. The number of nitrogens with zero attached hydrogens (tertiary/aromatic N) is 2. The number of guanidine groups is 2. The summed E-state index contributed by atoms with van der Waals surface area (Å²) in [5.41, 5.74) is 46.7. The van der Waals surface area contributed by atoms with Crippen molar-refractivity contribution in [1.29, 1.82) is 0 Å². The fourth-order valence-electron chi connectivity index (χ4n) is 9.90. The number of aliphatic hydroxyl groups is 2. The number of rotatable bonds is 27. The Morgan fingerprint density at radius 2 is 0.990 bits per heavy atom. The Bertz CT molecular complexity index is 3260. The molecule has 31 N–H and O–H groups in total. The second kappa shape index (κ2) is 48.9. The van der Waals surface area contributed by atoms with Crippen molar-refractivity contribution >= 4 is 116 Å². The summed E-state index contributed by atoms with van der Waals surface area (Å²) in [6.45, 7) is -0.681. The molecule has 1 saturated heterocycles. The van der Waals surface area contributed by atoms with E-state index in [0.717, 1.165) is 28.5 Å². The van der Waals surface area contributed by atoms with Crippen LogP contribution in [0.4, 0.5) is 0 Å². The van der Waals surface area contributed by atoms with Crippen molar-refractivity contribution in [2.45, 2.75) is 163 Å². The number of amides is 14. The maximum atomic E-state index is 14.6. The largest absolute Gasteiger partial charge is 0.394 e. The summed E-state index contributed by atoms with van der Waals surface area (Å²) in [5.74, 6) is -14.7. The molecule has 0 aromatic heterocycles. The molecule has 582 valence electrons. The lowest BCUT2D eigenvalue weighted by Crippen LogP contribution is -2.61. The first-order valence-electron chi connectivity index (χ1n) is 34.0. The van der Waals surface area contributed by atoms with Crippen LogP contribution in [-0.4, -0.2) is 241 Å². The highest BCUT2D eigenvalue weighted by molar-refractivity contribution is 8.76. The standard InChI is InChI=1S/C64H103N23O16S2/c1-35-53(94)81-42(21-13-25-73-63(69)70)57(98)82-41(20-10-12-24-66)58(99)85-46(32-88)60(101)86-47(61(102)83-43(22-14-26-74-64(71)72)56(97)80-40(52(68)93)19-9-11-23-65)34-105-104-33-39(67)54(95)84-44(27-37-15-5-3-6-16-37)55(96)76-29-48(90)75-30-50(92)79-45(28-38-17-7-4-8-18-38)59(100)87-51(36(2)89)62(103)77-31-49(91)78-35/h3-8,15-18,35-36,39-47,51,88-89H,9-14,19-34,65-67H2,1-2H3,(H2,68,93)(H,75,90)(H,76,96)(H,77,103)(H,78,91)(H,79,92)(H,80,97)(H,81,94)(H,82,98)(H,83,102)(H,84,95)(H,85,99)(H,86,101)(H,87,100)(H4,69,70,73)(H4,71,72,74)/t35-,36+,39-,40-,41-,42?,43-,44?,45-,46?,47-,51-/m0/s1. The van der Waals surface area contributed by atoms with Gasteiger partial charge >= 0.3 is 0 Å². The van der Waals surface area contributed by atoms with Gasteiger partial charge in [-0.1, -0.05) is 82.3 Å². The molecular weight excluding hydrogens is 1410 g/mol. The van der Waals surface area contributed by atoms with Crippen LogP contribution in [0.15, 0.2) is 70.6 Å². The average molecular weight is 1510 g/mol. The van der Waals surface area contributed by atoms with E-state index in [1.165, 1.54) is 6.92 Å². The van der Waals surface area contributed by atoms with Gasteiger partial charge in [0.1, 0.15) is 60.4 Å². The van der Waals surface area contributed by atoms with E-state index in [4.69, 9.17) is 45.9 Å². The van der Waals surface area contributed by atoms with Crippen LogP contribution in [0.5, 0.6) is 0 Å². The Morgan fingerprint density at radius 1 is 0.514 bits per heavy atom. The van der Waals surface area contributed by atoms with Gasteiger partial charge in [-0.05, 0) is 102 Å². The third-order valence-corrected chi connectivity index (χ3v) is 18.1. The monoisotopic (exact) mass is 1510 g/mol. The Labute approximate surface area is 615 Å². The molecule has 1 heterocycles. The number of primary amides is 1. The van der Waals surface area contributed by atoms with Gasteiger partial charge in [-0.3, -0.25) is 77.1 Å². The molecule has 3 unspecified atom stereocenters. The Hall–Kier alpha value is -9.94. The molecule has 3 rings (SSSR count). The summed E-state index contributed by atoms with van der Waals surface area (Å²) in [6, 6.07) is 0.130. The van der Waals surface area contributed by atoms with Gasteiger partial charge in [0.2, 0.25) is 82.7 Å². The molecule has 1 fully saturated rings. The highest BCUT2D eigenvalue weighted by Crippen LogP contribution is 2.23. The van der Waals surface area contributed by atoms with Gasteiger partial charge in [0, 0.05) is 37.4 Å². The lowest BCUT2D eigenvalue weighted by molar-refractivity contribution is -0.136. The van der Waals surface area contributed by atoms with Crippen molar-refractivity contribution in [3.8, 4) is 0 Å². The molecule has 14 amide bonds. The minimum atomic E-state index is -1.87. The smallest absolute Gasteiger partial charge is 0.245 e. The minimum absolute atomic E-state index is 0.0230. The molecule has 41 heteroatoms. The predicted octanol–water partition coefficient (Wildman–Crippen LogP) is -9.37. The predicted molar refractivity (Wildman–Crippen MR) is 391 cm³/mol. The number of hydrogen-bond donors (Lipinski definition) is 23. The zero-order valence-electron chi connectivity index (χ0n) is 58.7. The van der Waals surface area contributed by atoms with Crippen LogP contribution in [0.3, 0.4) is 0 Å². The van der Waals surface area contributed by atoms with Crippen LogP contribution in [0.2, 0.25) is 0 Å². The molecule has 12 atom stereocenters. The molecule has 1 aliphatic rings. The normalized spacial score (nSPS) is 22.6. The van der Waals surface area contributed by atoms with Crippen molar-refractivity contribution in [3.05, 3.63) is 71.8 Å². The summed E-state index contributed by atoms with van der Waals surface area (Å²) in [7, 11) is 1.81. The number of carbonyl (C=O) groups is 14. The molecular formula is C64H103N23O16S2. The molecule has 39 nitrogen and oxygen atoms in total. The number of hydrogen-bond acceptors (Lipinski definition) is 23. The summed E-state index contributed by atoms with van der Waals surface area (Å²) in [4.78, 5) is 201. The summed E-state index contributed by atoms with van der Waals surface area (Å²) < 4.78 is 0. The second-order valence-corrected chi connectivity index (χ2v) is 26.9. The third kappa shape index (κ3) is 35.4. The molecule has 1 aliphatic heterocycles. The highest BCUT2D eigenvalue weighted by atomic mass is 33.1. The first-order chi connectivity index (χ1) is 50.0. The van der Waals surface area contributed by atoms with Gasteiger partial charge in [0.15, 0.2) is 11.9 Å². The maximum absolute atomic E-state index is 14.6. The molecule has 0 saturated carbocycles. The van der Waals surface area contributed by atoms with Crippen molar-refractivity contribution in [2.75, 3.05) is 63.9 Å². The van der Waals surface area contributed by atoms with Gasteiger partial charge in [-0.2, -0.15) is 0 Å². The first-order valence-corrected chi connectivity index (χ1v) is 36.5. The molecule has 0 bridgehead atoms. The zero-order valence-corrected chi connectivity index (χ0v) is 60.3. The number of unbranched alkanes of at least 4 members (excludes halogenated alkanes) is 2. The lowest BCUT2D eigenvalue weighted by Gasteiger charge is -2.27. The van der Waals surface area contributed by atoms with Crippen LogP contribution in [-0.2, 0) is 80.0 Å². The van der Waals surface area contributed by atoms with Crippen LogP contribution >= 0.6 is 21.6 Å². The topological polar surface area (TPSA) is 669 Å². The number of nitrogens with two attached hydrogens (primary N) is 8. The van der Waals surface area contributed by atoms with Gasteiger partial charge in [0.05, 0.1) is 38.4 Å². The van der Waals surface area contributed by atoms with Gasteiger partial charge in [0.25, 0.3) is 0 Å². The van der Waals surface area contributed by atoms with Crippen LogP contribution < -0.4 is 115 Å². The molecule has 0 aliphatic carbocycles.